The van der Waals surface area contributed by atoms with Gasteiger partial charge in [0.2, 0.25) is 5.95 Å². The number of phenolic OH excluding ortho intramolecular Hbond substituents is 1. The average Bonchev–Trinajstić information content (AvgIpc) is 2.68. The largest absolute Gasteiger partial charge is 0.508 e. The van der Waals surface area contributed by atoms with E-state index in [-0.39, 0.29) is 11.7 Å². The normalized spacial score (nSPS) is 10.9. The number of anilines is 1. The van der Waals surface area contributed by atoms with E-state index in [1.54, 1.807) is 16.6 Å². The lowest BCUT2D eigenvalue weighted by molar-refractivity contribution is 0.475. The maximum absolute atomic E-state index is 9.30. The molecule has 18 heavy (non-hydrogen) atoms. The van der Waals surface area contributed by atoms with E-state index in [1.807, 2.05) is 31.3 Å². The molecule has 90 valence electrons. The van der Waals surface area contributed by atoms with Gasteiger partial charge in [0, 0.05) is 11.8 Å². The second-order valence-corrected chi connectivity index (χ2v) is 4.19. The summed E-state index contributed by atoms with van der Waals surface area (Å²) in [5.74, 6) is 0.514. The zero-order chi connectivity index (χ0) is 12.7. The number of nitrogen functional groups attached to an aromatic ring is 1. The summed E-state index contributed by atoms with van der Waals surface area (Å²) in [5, 5.41) is 13.4. The first-order valence-corrected chi connectivity index (χ1v) is 5.55. The quantitative estimate of drug-likeness (QED) is 0.682. The molecule has 0 spiro atoms. The van der Waals surface area contributed by atoms with Gasteiger partial charge in [-0.05, 0) is 36.2 Å². The summed E-state index contributed by atoms with van der Waals surface area (Å²) >= 11 is 0. The Hall–Kier alpha value is -2.56. The molecular weight excluding hydrogens is 228 g/mol. The predicted octanol–water partition coefficient (Wildman–Crippen LogP) is 1.99. The number of aromatic nitrogens is 3. The Labute approximate surface area is 104 Å². The summed E-state index contributed by atoms with van der Waals surface area (Å²) in [5.41, 5.74) is 9.44. The summed E-state index contributed by atoms with van der Waals surface area (Å²) in [6.45, 7) is 2.01. The van der Waals surface area contributed by atoms with E-state index >= 15 is 0 Å². The minimum absolute atomic E-state index is 0.252. The van der Waals surface area contributed by atoms with E-state index in [9.17, 15) is 5.11 Å². The van der Waals surface area contributed by atoms with Crippen LogP contribution in [0.2, 0.25) is 0 Å². The smallest absolute Gasteiger partial charge is 0.240 e. The first-order chi connectivity index (χ1) is 8.63. The van der Waals surface area contributed by atoms with Crippen molar-refractivity contribution in [3.8, 4) is 16.9 Å². The highest BCUT2D eigenvalue weighted by Crippen LogP contribution is 2.25. The summed E-state index contributed by atoms with van der Waals surface area (Å²) in [6, 6.07) is 8.99. The van der Waals surface area contributed by atoms with Gasteiger partial charge in [-0.3, -0.25) is 0 Å². The van der Waals surface area contributed by atoms with Gasteiger partial charge in [-0.15, -0.1) is 5.10 Å². The lowest BCUT2D eigenvalue weighted by Crippen LogP contribution is -1.92. The molecule has 0 aliphatic rings. The highest BCUT2D eigenvalue weighted by atomic mass is 16.3. The van der Waals surface area contributed by atoms with Crippen LogP contribution in [0, 0.1) is 6.92 Å². The molecule has 2 aromatic heterocycles. The van der Waals surface area contributed by atoms with Crippen molar-refractivity contribution in [2.24, 2.45) is 0 Å². The zero-order valence-corrected chi connectivity index (χ0v) is 9.83. The standard InChI is InChI=1S/C13H12N4O/c1-8-6-12-15-13(14)16-17(12)7-11(8)9-2-4-10(18)5-3-9/h2-7,18H,1H3,(H2,14,16). The fraction of sp³-hybridized carbons (Fsp3) is 0.0769. The third-order valence-electron chi connectivity index (χ3n) is 2.87. The number of fused-ring (bicyclic) bond motifs is 1. The van der Waals surface area contributed by atoms with Crippen LogP contribution in [0.1, 0.15) is 5.56 Å². The maximum atomic E-state index is 9.30. The molecule has 0 radical (unpaired) electrons. The van der Waals surface area contributed by atoms with Crippen molar-refractivity contribution in [2.75, 3.05) is 5.73 Å². The highest BCUT2D eigenvalue weighted by Gasteiger charge is 2.07. The maximum Gasteiger partial charge on any atom is 0.240 e. The van der Waals surface area contributed by atoms with Crippen molar-refractivity contribution in [1.82, 2.24) is 14.6 Å². The van der Waals surface area contributed by atoms with Crippen molar-refractivity contribution < 1.29 is 5.11 Å². The van der Waals surface area contributed by atoms with Gasteiger partial charge in [0.15, 0.2) is 5.65 Å². The van der Waals surface area contributed by atoms with Crippen LogP contribution in [0.15, 0.2) is 36.5 Å². The first kappa shape index (κ1) is 10.6. The molecule has 0 unspecified atom stereocenters. The van der Waals surface area contributed by atoms with Crippen LogP contribution in [-0.4, -0.2) is 19.7 Å². The van der Waals surface area contributed by atoms with E-state index in [1.165, 1.54) is 0 Å². The van der Waals surface area contributed by atoms with Crippen molar-refractivity contribution in [3.63, 3.8) is 0 Å². The van der Waals surface area contributed by atoms with E-state index in [4.69, 9.17) is 5.73 Å². The number of aryl methyl sites for hydroxylation is 1. The Morgan fingerprint density at radius 3 is 2.67 bits per heavy atom. The Bertz CT molecular complexity index is 716. The lowest BCUT2D eigenvalue weighted by Gasteiger charge is -2.06. The Morgan fingerprint density at radius 1 is 1.22 bits per heavy atom. The number of nitrogens with two attached hydrogens (primary N) is 1. The second kappa shape index (κ2) is 3.73. The second-order valence-electron chi connectivity index (χ2n) is 4.19. The number of hydrogen-bond acceptors (Lipinski definition) is 4. The van der Waals surface area contributed by atoms with Crippen molar-refractivity contribution >= 4 is 11.6 Å². The molecule has 0 saturated carbocycles. The topological polar surface area (TPSA) is 76.4 Å². The molecule has 0 amide bonds. The molecule has 5 heteroatoms. The van der Waals surface area contributed by atoms with E-state index in [2.05, 4.69) is 10.1 Å². The van der Waals surface area contributed by atoms with E-state index < -0.39 is 0 Å². The lowest BCUT2D eigenvalue weighted by atomic mass is 10.0. The molecule has 0 saturated heterocycles. The fourth-order valence-electron chi connectivity index (χ4n) is 1.98. The van der Waals surface area contributed by atoms with Crippen LogP contribution in [0.3, 0.4) is 0 Å². The number of nitrogens with zero attached hydrogens (tertiary/aromatic N) is 3. The number of rotatable bonds is 1. The molecule has 1 aromatic carbocycles. The molecule has 0 fully saturated rings. The highest BCUT2D eigenvalue weighted by molar-refractivity contribution is 5.69. The minimum Gasteiger partial charge on any atom is -0.508 e. The van der Waals surface area contributed by atoms with Gasteiger partial charge < -0.3 is 10.8 Å². The van der Waals surface area contributed by atoms with Crippen molar-refractivity contribution in [1.29, 1.82) is 0 Å². The van der Waals surface area contributed by atoms with Crippen LogP contribution >= 0.6 is 0 Å². The zero-order valence-electron chi connectivity index (χ0n) is 9.83. The SMILES string of the molecule is Cc1cc2nc(N)nn2cc1-c1ccc(O)cc1. The molecule has 3 rings (SSSR count). The Kier molecular flexibility index (Phi) is 2.19. The molecule has 5 nitrogen and oxygen atoms in total. The summed E-state index contributed by atoms with van der Waals surface area (Å²) in [7, 11) is 0. The summed E-state index contributed by atoms with van der Waals surface area (Å²) < 4.78 is 1.66. The van der Waals surface area contributed by atoms with E-state index in [0.29, 0.717) is 0 Å². The average molecular weight is 240 g/mol. The first-order valence-electron chi connectivity index (χ1n) is 5.55. The summed E-state index contributed by atoms with van der Waals surface area (Å²) in [6.07, 6.45) is 1.89. The van der Waals surface area contributed by atoms with Gasteiger partial charge in [-0.1, -0.05) is 12.1 Å². The van der Waals surface area contributed by atoms with Gasteiger partial charge in [-0.25, -0.2) is 4.52 Å². The van der Waals surface area contributed by atoms with E-state index in [0.717, 1.165) is 22.3 Å². The third kappa shape index (κ3) is 1.66. The van der Waals surface area contributed by atoms with Gasteiger partial charge >= 0.3 is 0 Å². The van der Waals surface area contributed by atoms with Gasteiger partial charge in [0.05, 0.1) is 0 Å². The Morgan fingerprint density at radius 2 is 1.94 bits per heavy atom. The molecule has 0 bridgehead atoms. The number of phenols is 1. The molecule has 2 heterocycles. The molecule has 0 aliphatic carbocycles. The number of aromatic hydroxyl groups is 1. The van der Waals surface area contributed by atoms with Crippen molar-refractivity contribution in [2.45, 2.75) is 6.92 Å². The van der Waals surface area contributed by atoms with Crippen molar-refractivity contribution in [3.05, 3.63) is 42.1 Å². The molecule has 3 N–H and O–H groups in total. The number of pyridine rings is 1. The van der Waals surface area contributed by atoms with Gasteiger partial charge in [0.1, 0.15) is 5.75 Å². The minimum atomic E-state index is 0.252. The molecule has 0 aliphatic heterocycles. The fourth-order valence-corrected chi connectivity index (χ4v) is 1.98. The van der Waals surface area contributed by atoms with Crippen LogP contribution in [0.4, 0.5) is 5.95 Å². The van der Waals surface area contributed by atoms with Gasteiger partial charge in [-0.2, -0.15) is 4.98 Å². The predicted molar refractivity (Wildman–Crippen MR) is 69.2 cm³/mol. The number of benzene rings is 1. The van der Waals surface area contributed by atoms with Crippen LogP contribution < -0.4 is 5.73 Å². The van der Waals surface area contributed by atoms with Crippen LogP contribution in [0.5, 0.6) is 5.75 Å². The van der Waals surface area contributed by atoms with Crippen LogP contribution in [0.25, 0.3) is 16.8 Å². The molecule has 0 atom stereocenters. The number of hydrogen-bond donors (Lipinski definition) is 2. The summed E-state index contributed by atoms with van der Waals surface area (Å²) in [4.78, 5) is 4.11. The van der Waals surface area contributed by atoms with Crippen LogP contribution in [-0.2, 0) is 0 Å². The van der Waals surface area contributed by atoms with Gasteiger partial charge in [0.25, 0.3) is 0 Å². The third-order valence-corrected chi connectivity index (χ3v) is 2.87. The monoisotopic (exact) mass is 240 g/mol. The Balaban J connectivity index is 2.21. The molecular formula is C13H12N4O. The molecule has 3 aromatic rings.